The van der Waals surface area contributed by atoms with Crippen molar-refractivity contribution in [2.45, 2.75) is 34.9 Å². The molecule has 1 atom stereocenters. The van der Waals surface area contributed by atoms with Crippen molar-refractivity contribution in [2.24, 2.45) is 0 Å². The van der Waals surface area contributed by atoms with Gasteiger partial charge in [0.1, 0.15) is 5.75 Å². The number of nitrogens with zero attached hydrogens (tertiary/aromatic N) is 2. The highest BCUT2D eigenvalue weighted by molar-refractivity contribution is 7.89. The van der Waals surface area contributed by atoms with Crippen LogP contribution in [0.5, 0.6) is 5.75 Å². The van der Waals surface area contributed by atoms with E-state index in [0.717, 1.165) is 35.3 Å². The van der Waals surface area contributed by atoms with E-state index in [0.29, 0.717) is 18.0 Å². The summed E-state index contributed by atoms with van der Waals surface area (Å²) in [6.45, 7) is 0.813. The molecule has 1 N–H and O–H groups in total. The van der Waals surface area contributed by atoms with E-state index in [1.54, 1.807) is 4.90 Å². The Hall–Kier alpha value is -2.39. The quantitative estimate of drug-likeness (QED) is 0.527. The Labute approximate surface area is 214 Å². The van der Waals surface area contributed by atoms with Gasteiger partial charge in [0.05, 0.1) is 34.3 Å². The van der Waals surface area contributed by atoms with Crippen LogP contribution in [-0.4, -0.2) is 73.7 Å². The van der Waals surface area contributed by atoms with E-state index in [4.69, 9.17) is 9.47 Å². The Bertz CT molecular complexity index is 1320. The maximum atomic E-state index is 13.4. The minimum Gasteiger partial charge on any atom is -0.495 e. The molecule has 9 nitrogen and oxygen atoms in total. The standard InChI is InChI=1S/C23H28F3N3O6S2/c1-34-21-9-8-18(36(30,31)27-16-17-5-4-14-35-17)15-20(21)28-10-12-29(13-11-28)37(32,33)22-7-3-2-6-19(22)23(24,25)26/h2-3,6-9,15,17,27H,4-5,10-14,16H2,1H3/t17-/m0/s1. The second-order valence-corrected chi connectivity index (χ2v) is 12.4. The van der Waals surface area contributed by atoms with E-state index in [2.05, 4.69) is 4.72 Å². The van der Waals surface area contributed by atoms with Crippen molar-refractivity contribution < 1.29 is 39.5 Å². The molecule has 0 bridgehead atoms. The van der Waals surface area contributed by atoms with Crippen LogP contribution < -0.4 is 14.4 Å². The summed E-state index contributed by atoms with van der Waals surface area (Å²) < 4.78 is 107. The third-order valence-corrected chi connectivity index (χ3v) is 9.75. The number of halogens is 3. The normalized spacial score (nSPS) is 19.8. The van der Waals surface area contributed by atoms with Crippen LogP contribution in [0, 0.1) is 0 Å². The zero-order chi connectivity index (χ0) is 26.8. The lowest BCUT2D eigenvalue weighted by Crippen LogP contribution is -2.49. The number of benzene rings is 2. The third-order valence-electron chi connectivity index (χ3n) is 6.38. The van der Waals surface area contributed by atoms with Crippen molar-refractivity contribution >= 4 is 25.7 Å². The first kappa shape index (κ1) is 27.6. The first-order valence-corrected chi connectivity index (χ1v) is 14.6. The average Bonchev–Trinajstić information content (AvgIpc) is 3.41. The zero-order valence-corrected chi connectivity index (χ0v) is 21.7. The Balaban J connectivity index is 1.51. The molecule has 2 saturated heterocycles. The SMILES string of the molecule is COc1ccc(S(=O)(=O)NC[C@@H]2CCCO2)cc1N1CCN(S(=O)(=O)c2ccccc2C(F)(F)F)CC1. The number of hydrogen-bond donors (Lipinski definition) is 1. The summed E-state index contributed by atoms with van der Waals surface area (Å²) in [7, 11) is -6.83. The monoisotopic (exact) mass is 563 g/mol. The van der Waals surface area contributed by atoms with Crippen LogP contribution in [0.1, 0.15) is 18.4 Å². The zero-order valence-electron chi connectivity index (χ0n) is 20.1. The highest BCUT2D eigenvalue weighted by Gasteiger charge is 2.39. The Morgan fingerprint density at radius 2 is 1.76 bits per heavy atom. The van der Waals surface area contributed by atoms with Crippen LogP contribution in [0.2, 0.25) is 0 Å². The second kappa shape index (κ2) is 10.8. The minimum atomic E-state index is -4.82. The topological polar surface area (TPSA) is 105 Å². The number of sulfonamides is 2. The molecule has 2 aromatic rings. The molecule has 0 aromatic heterocycles. The van der Waals surface area contributed by atoms with Crippen LogP contribution in [0.25, 0.3) is 0 Å². The summed E-state index contributed by atoms with van der Waals surface area (Å²) in [6, 6.07) is 8.45. The van der Waals surface area contributed by atoms with Gasteiger partial charge in [-0.05, 0) is 43.2 Å². The highest BCUT2D eigenvalue weighted by Crippen LogP contribution is 2.36. The van der Waals surface area contributed by atoms with Gasteiger partial charge >= 0.3 is 6.18 Å². The predicted molar refractivity (Wildman–Crippen MR) is 130 cm³/mol. The number of nitrogens with one attached hydrogen (secondary N) is 1. The van der Waals surface area contributed by atoms with Crippen molar-refractivity contribution in [3.8, 4) is 5.75 Å². The molecule has 0 spiro atoms. The largest absolute Gasteiger partial charge is 0.495 e. The van der Waals surface area contributed by atoms with Gasteiger partial charge in [0.25, 0.3) is 0 Å². The third kappa shape index (κ3) is 6.03. The van der Waals surface area contributed by atoms with E-state index in [-0.39, 0.29) is 43.7 Å². The molecular weight excluding hydrogens is 535 g/mol. The molecule has 2 aliphatic heterocycles. The summed E-state index contributed by atoms with van der Waals surface area (Å²) in [5, 5.41) is 0. The van der Waals surface area contributed by atoms with Crippen LogP contribution in [0.3, 0.4) is 0 Å². The lowest BCUT2D eigenvalue weighted by atomic mass is 10.2. The first-order valence-electron chi connectivity index (χ1n) is 11.6. The van der Waals surface area contributed by atoms with Gasteiger partial charge in [-0.2, -0.15) is 17.5 Å². The van der Waals surface area contributed by atoms with E-state index in [1.165, 1.54) is 31.4 Å². The molecular formula is C23H28F3N3O6S2. The fourth-order valence-electron chi connectivity index (χ4n) is 4.41. The Morgan fingerprint density at radius 3 is 2.38 bits per heavy atom. The summed E-state index contributed by atoms with van der Waals surface area (Å²) in [5.41, 5.74) is -0.775. The molecule has 2 aliphatic rings. The van der Waals surface area contributed by atoms with Crippen LogP contribution in [0.15, 0.2) is 52.3 Å². The lowest BCUT2D eigenvalue weighted by molar-refractivity contribution is -0.139. The Morgan fingerprint density at radius 1 is 1.05 bits per heavy atom. The maximum absolute atomic E-state index is 13.4. The molecule has 204 valence electrons. The smallest absolute Gasteiger partial charge is 0.417 e. The Kier molecular flexibility index (Phi) is 8.04. The van der Waals surface area contributed by atoms with Gasteiger partial charge in [-0.1, -0.05) is 12.1 Å². The van der Waals surface area contributed by atoms with Crippen LogP contribution in [0.4, 0.5) is 18.9 Å². The average molecular weight is 564 g/mol. The predicted octanol–water partition coefficient (Wildman–Crippen LogP) is 2.68. The van der Waals surface area contributed by atoms with Crippen molar-refractivity contribution in [3.63, 3.8) is 0 Å². The number of anilines is 1. The summed E-state index contributed by atoms with van der Waals surface area (Å²) in [5.74, 6) is 0.386. The number of alkyl halides is 3. The van der Waals surface area contributed by atoms with Gasteiger partial charge in [-0.15, -0.1) is 0 Å². The second-order valence-electron chi connectivity index (χ2n) is 8.71. The molecule has 2 aromatic carbocycles. The molecule has 0 unspecified atom stereocenters. The maximum Gasteiger partial charge on any atom is 0.417 e. The number of methoxy groups -OCH3 is 1. The molecule has 2 fully saturated rings. The highest BCUT2D eigenvalue weighted by atomic mass is 32.2. The number of ether oxygens (including phenoxy) is 2. The van der Waals surface area contributed by atoms with E-state index in [1.807, 2.05) is 0 Å². The number of hydrogen-bond acceptors (Lipinski definition) is 7. The molecule has 0 radical (unpaired) electrons. The molecule has 37 heavy (non-hydrogen) atoms. The summed E-state index contributed by atoms with van der Waals surface area (Å²) in [6.07, 6.45) is -3.34. The van der Waals surface area contributed by atoms with Gasteiger partial charge in [0, 0.05) is 39.3 Å². The van der Waals surface area contributed by atoms with Gasteiger partial charge in [0.2, 0.25) is 20.0 Å². The minimum absolute atomic E-state index is 0.00968. The van der Waals surface area contributed by atoms with Gasteiger partial charge < -0.3 is 14.4 Å². The van der Waals surface area contributed by atoms with Gasteiger partial charge in [-0.3, -0.25) is 0 Å². The molecule has 4 rings (SSSR count). The molecule has 0 saturated carbocycles. The number of piperazine rings is 1. The van der Waals surface area contributed by atoms with Crippen LogP contribution >= 0.6 is 0 Å². The van der Waals surface area contributed by atoms with Crippen molar-refractivity contribution in [3.05, 3.63) is 48.0 Å². The van der Waals surface area contributed by atoms with Gasteiger partial charge in [0.15, 0.2) is 0 Å². The fraction of sp³-hybridized carbons (Fsp3) is 0.478. The molecule has 2 heterocycles. The van der Waals surface area contributed by atoms with Crippen molar-refractivity contribution in [1.82, 2.24) is 9.03 Å². The molecule has 0 aliphatic carbocycles. The molecule has 0 amide bonds. The van der Waals surface area contributed by atoms with E-state index >= 15 is 0 Å². The number of rotatable bonds is 8. The fourth-order valence-corrected chi connectivity index (χ4v) is 7.13. The van der Waals surface area contributed by atoms with Crippen molar-refractivity contribution in [2.75, 3.05) is 51.3 Å². The molecule has 14 heteroatoms. The van der Waals surface area contributed by atoms with Gasteiger partial charge in [-0.25, -0.2) is 21.6 Å². The van der Waals surface area contributed by atoms with E-state index < -0.39 is 36.7 Å². The summed E-state index contributed by atoms with van der Waals surface area (Å²) >= 11 is 0. The first-order chi connectivity index (χ1) is 17.4. The van der Waals surface area contributed by atoms with E-state index in [9.17, 15) is 30.0 Å². The lowest BCUT2D eigenvalue weighted by Gasteiger charge is -2.36. The summed E-state index contributed by atoms with van der Waals surface area (Å²) in [4.78, 5) is 0.967. The van der Waals surface area contributed by atoms with Crippen molar-refractivity contribution in [1.29, 1.82) is 0 Å². The van der Waals surface area contributed by atoms with Crippen LogP contribution in [-0.2, 0) is 31.0 Å².